The van der Waals surface area contributed by atoms with E-state index in [4.69, 9.17) is 9.47 Å². The summed E-state index contributed by atoms with van der Waals surface area (Å²) >= 11 is 1.89. The molecule has 2 aliphatic rings. The third-order valence-corrected chi connectivity index (χ3v) is 10.1. The maximum atomic E-state index is 6.46. The van der Waals surface area contributed by atoms with Crippen molar-refractivity contribution in [2.75, 3.05) is 0 Å². The second-order valence-corrected chi connectivity index (χ2v) is 12.6. The van der Waals surface area contributed by atoms with Crippen LogP contribution in [0, 0.1) is 0 Å². The van der Waals surface area contributed by atoms with Crippen LogP contribution in [0.4, 0.5) is 0 Å². The van der Waals surface area contributed by atoms with E-state index in [0.29, 0.717) is 0 Å². The van der Waals surface area contributed by atoms with Crippen molar-refractivity contribution in [3.8, 4) is 33.4 Å². The molecule has 0 unspecified atom stereocenters. The SMILES string of the molecule is CC1(C)OC(c2ccc3c4c(cccc24)-c2cc(-c4cccc5c4sc4ccccc45)ccc2-3)OC1(C)C. The molecule has 186 valence electrons. The summed E-state index contributed by atoms with van der Waals surface area (Å²) in [6.45, 7) is 8.45. The molecular weight excluding hydrogens is 484 g/mol. The van der Waals surface area contributed by atoms with Crippen LogP contribution in [-0.4, -0.2) is 11.2 Å². The molecule has 5 aromatic carbocycles. The van der Waals surface area contributed by atoms with E-state index in [9.17, 15) is 0 Å². The van der Waals surface area contributed by atoms with Crippen molar-refractivity contribution in [1.29, 1.82) is 0 Å². The standard InChI is InChI=1S/C35H28O2S/c1-34(2)35(3,4)37-33(36-34)28-18-17-26-22-16-15-20(19-29(22)25-12-8-11-24(28)31(25)26)21-10-7-13-27-23-9-5-6-14-30(23)38-32(21)27/h5-19,33H,1-4H3. The molecule has 0 radical (unpaired) electrons. The molecule has 0 amide bonds. The first kappa shape index (κ1) is 22.5. The third-order valence-electron chi connectivity index (χ3n) is 8.90. The Morgan fingerprint density at radius 3 is 2.05 bits per heavy atom. The molecule has 1 aliphatic heterocycles. The van der Waals surface area contributed by atoms with Gasteiger partial charge in [-0.25, -0.2) is 0 Å². The van der Waals surface area contributed by atoms with Gasteiger partial charge in [-0.3, -0.25) is 0 Å². The number of benzene rings is 5. The lowest BCUT2D eigenvalue weighted by molar-refractivity contribution is -0.0885. The van der Waals surface area contributed by atoms with Crippen molar-refractivity contribution < 1.29 is 9.47 Å². The minimum Gasteiger partial charge on any atom is -0.339 e. The van der Waals surface area contributed by atoms with Gasteiger partial charge in [0.1, 0.15) is 0 Å². The number of thiophene rings is 1. The van der Waals surface area contributed by atoms with Crippen LogP contribution in [0.3, 0.4) is 0 Å². The fourth-order valence-corrected chi connectivity index (χ4v) is 7.44. The fourth-order valence-electron chi connectivity index (χ4n) is 6.20. The summed E-state index contributed by atoms with van der Waals surface area (Å²) in [6, 6.07) is 33.5. The van der Waals surface area contributed by atoms with E-state index in [-0.39, 0.29) is 17.5 Å². The number of ether oxygens (including phenoxy) is 2. The van der Waals surface area contributed by atoms with Crippen molar-refractivity contribution in [2.24, 2.45) is 0 Å². The molecule has 8 rings (SSSR count). The molecule has 0 spiro atoms. The van der Waals surface area contributed by atoms with Crippen LogP contribution in [0.15, 0.2) is 91.0 Å². The lowest BCUT2D eigenvalue weighted by Crippen LogP contribution is -2.41. The molecule has 2 heterocycles. The molecule has 0 saturated carbocycles. The first-order chi connectivity index (χ1) is 18.3. The summed E-state index contributed by atoms with van der Waals surface area (Å²) in [4.78, 5) is 0. The third kappa shape index (κ3) is 2.95. The molecule has 6 aromatic rings. The van der Waals surface area contributed by atoms with Gasteiger partial charge >= 0.3 is 0 Å². The van der Waals surface area contributed by atoms with Gasteiger partial charge in [0.15, 0.2) is 6.29 Å². The van der Waals surface area contributed by atoms with Gasteiger partial charge in [0, 0.05) is 25.7 Å². The summed E-state index contributed by atoms with van der Waals surface area (Å²) in [7, 11) is 0. The highest BCUT2D eigenvalue weighted by Crippen LogP contribution is 2.52. The van der Waals surface area contributed by atoms with Gasteiger partial charge in [0.2, 0.25) is 0 Å². The second kappa shape index (κ2) is 7.54. The Bertz CT molecular complexity index is 1930. The number of rotatable bonds is 2. The van der Waals surface area contributed by atoms with E-state index in [1.807, 2.05) is 11.3 Å². The van der Waals surface area contributed by atoms with Crippen molar-refractivity contribution in [2.45, 2.75) is 45.2 Å². The molecule has 1 aliphatic carbocycles. The Balaban J connectivity index is 1.29. The Labute approximate surface area is 226 Å². The number of hydrogen-bond acceptors (Lipinski definition) is 3. The van der Waals surface area contributed by atoms with Crippen LogP contribution in [0.5, 0.6) is 0 Å². The van der Waals surface area contributed by atoms with Crippen LogP contribution in [0.25, 0.3) is 64.3 Å². The highest BCUT2D eigenvalue weighted by molar-refractivity contribution is 7.26. The van der Waals surface area contributed by atoms with Crippen LogP contribution < -0.4 is 0 Å². The van der Waals surface area contributed by atoms with E-state index in [2.05, 4.69) is 119 Å². The molecule has 38 heavy (non-hydrogen) atoms. The van der Waals surface area contributed by atoms with E-state index in [0.717, 1.165) is 5.56 Å². The van der Waals surface area contributed by atoms with E-state index < -0.39 is 0 Å². The predicted molar refractivity (Wildman–Crippen MR) is 160 cm³/mol. The lowest BCUT2D eigenvalue weighted by Gasteiger charge is -2.30. The Hall–Kier alpha value is -3.50. The molecule has 2 nitrogen and oxygen atoms in total. The molecule has 0 N–H and O–H groups in total. The van der Waals surface area contributed by atoms with Gasteiger partial charge in [0.25, 0.3) is 0 Å². The molecule has 3 heteroatoms. The number of fused-ring (bicyclic) bond motifs is 6. The fraction of sp³-hybridized carbons (Fsp3) is 0.200. The summed E-state index contributed by atoms with van der Waals surface area (Å²) in [5.74, 6) is 0. The summed E-state index contributed by atoms with van der Waals surface area (Å²) in [5.41, 5.74) is 8.10. The van der Waals surface area contributed by atoms with E-state index in [1.165, 1.54) is 64.3 Å². The van der Waals surface area contributed by atoms with E-state index in [1.54, 1.807) is 0 Å². The lowest BCUT2D eigenvalue weighted by atomic mass is 9.90. The topological polar surface area (TPSA) is 18.5 Å². The zero-order valence-corrected chi connectivity index (χ0v) is 22.8. The second-order valence-electron chi connectivity index (χ2n) is 11.6. The molecule has 1 saturated heterocycles. The predicted octanol–water partition coefficient (Wildman–Crippen LogP) is 10.1. The maximum Gasteiger partial charge on any atom is 0.185 e. The maximum absolute atomic E-state index is 6.46. The molecule has 0 atom stereocenters. The minimum absolute atomic E-state index is 0.369. The zero-order valence-electron chi connectivity index (χ0n) is 22.0. The Morgan fingerprint density at radius 2 is 1.24 bits per heavy atom. The Morgan fingerprint density at radius 1 is 0.579 bits per heavy atom. The van der Waals surface area contributed by atoms with Crippen LogP contribution in [0.1, 0.15) is 39.5 Å². The zero-order chi connectivity index (χ0) is 25.8. The summed E-state index contributed by atoms with van der Waals surface area (Å²) in [5, 5.41) is 5.18. The quantitative estimate of drug-likeness (QED) is 0.229. The smallest absolute Gasteiger partial charge is 0.185 e. The van der Waals surface area contributed by atoms with Crippen molar-refractivity contribution in [3.63, 3.8) is 0 Å². The van der Waals surface area contributed by atoms with Crippen LogP contribution in [0.2, 0.25) is 0 Å². The van der Waals surface area contributed by atoms with Gasteiger partial charge < -0.3 is 9.47 Å². The van der Waals surface area contributed by atoms with E-state index >= 15 is 0 Å². The first-order valence-corrected chi connectivity index (χ1v) is 14.1. The molecule has 0 bridgehead atoms. The van der Waals surface area contributed by atoms with Crippen LogP contribution in [-0.2, 0) is 9.47 Å². The van der Waals surface area contributed by atoms with Gasteiger partial charge in [0.05, 0.1) is 11.2 Å². The van der Waals surface area contributed by atoms with Gasteiger partial charge in [-0.1, -0.05) is 78.9 Å². The molecule has 1 aromatic heterocycles. The largest absolute Gasteiger partial charge is 0.339 e. The first-order valence-electron chi connectivity index (χ1n) is 13.3. The normalized spacial score (nSPS) is 17.6. The Kier molecular flexibility index (Phi) is 4.46. The average molecular weight is 513 g/mol. The molecule has 1 fully saturated rings. The monoisotopic (exact) mass is 512 g/mol. The highest BCUT2D eigenvalue weighted by atomic mass is 32.1. The number of hydrogen-bond donors (Lipinski definition) is 0. The van der Waals surface area contributed by atoms with Gasteiger partial charge in [-0.15, -0.1) is 11.3 Å². The summed E-state index contributed by atoms with van der Waals surface area (Å²) in [6.07, 6.45) is -0.380. The van der Waals surface area contributed by atoms with Crippen molar-refractivity contribution in [1.82, 2.24) is 0 Å². The van der Waals surface area contributed by atoms with Gasteiger partial charge in [-0.05, 0) is 84.0 Å². The van der Waals surface area contributed by atoms with Crippen molar-refractivity contribution >= 4 is 42.3 Å². The summed E-state index contributed by atoms with van der Waals surface area (Å²) < 4.78 is 15.6. The van der Waals surface area contributed by atoms with Crippen molar-refractivity contribution in [3.05, 3.63) is 96.6 Å². The highest BCUT2D eigenvalue weighted by Gasteiger charge is 2.50. The minimum atomic E-state index is -0.380. The molecular formula is C35H28O2S. The van der Waals surface area contributed by atoms with Crippen LogP contribution >= 0.6 is 11.3 Å². The van der Waals surface area contributed by atoms with Gasteiger partial charge in [-0.2, -0.15) is 0 Å². The average Bonchev–Trinajstić information content (AvgIpc) is 3.52.